The first kappa shape index (κ1) is 27.3. The highest BCUT2D eigenvalue weighted by molar-refractivity contribution is 8.03. The standard InChI is InChI=1S/C31H45N5OS/c1-8-28-31(33-27(20-34(28)4)22-11-13-26(14-12-22)38(7,37)21(2)3)30-18-29(35(5)36(30)6)24-9-10-25-19-32-16-15-23(25)17-24/h9-14,17,21,29-30,32,38H,8,15-16,18-20H2,1-7H3. The zero-order chi connectivity index (χ0) is 27.2. The van der Waals surface area contributed by atoms with Crippen LogP contribution in [-0.2, 0) is 22.9 Å². The quantitative estimate of drug-likeness (QED) is 0.538. The highest BCUT2D eigenvalue weighted by Crippen LogP contribution is 2.40. The molecule has 38 heavy (non-hydrogen) atoms. The van der Waals surface area contributed by atoms with Crippen LogP contribution in [0.2, 0.25) is 0 Å². The number of hydrazine groups is 1. The Morgan fingerprint density at radius 2 is 1.74 bits per heavy atom. The van der Waals surface area contributed by atoms with Crippen molar-refractivity contribution in [3.63, 3.8) is 0 Å². The van der Waals surface area contributed by atoms with Crippen molar-refractivity contribution in [1.29, 1.82) is 0 Å². The molecule has 0 radical (unpaired) electrons. The molecule has 0 aromatic heterocycles. The van der Waals surface area contributed by atoms with Crippen molar-refractivity contribution in [3.8, 4) is 0 Å². The average molecular weight is 536 g/mol. The molecule has 2 atom stereocenters. The molecule has 0 bridgehead atoms. The van der Waals surface area contributed by atoms with Crippen LogP contribution in [0.25, 0.3) is 0 Å². The fourth-order valence-corrected chi connectivity index (χ4v) is 7.52. The Morgan fingerprint density at radius 1 is 1.03 bits per heavy atom. The van der Waals surface area contributed by atoms with Gasteiger partial charge in [-0.3, -0.25) is 9.20 Å². The van der Waals surface area contributed by atoms with Crippen molar-refractivity contribution in [2.45, 2.75) is 68.8 Å². The second-order valence-electron chi connectivity index (χ2n) is 11.6. The number of nitrogens with zero attached hydrogens (tertiary/aromatic N) is 4. The third-order valence-corrected chi connectivity index (χ3v) is 12.4. The summed E-state index contributed by atoms with van der Waals surface area (Å²) in [5.74, 6) is 0. The maximum atomic E-state index is 13.2. The molecule has 2 aromatic carbocycles. The first-order valence-electron chi connectivity index (χ1n) is 14.1. The van der Waals surface area contributed by atoms with Crippen LogP contribution in [0.4, 0.5) is 0 Å². The number of rotatable bonds is 6. The van der Waals surface area contributed by atoms with Crippen LogP contribution < -0.4 is 5.32 Å². The summed E-state index contributed by atoms with van der Waals surface area (Å²) in [6.45, 7) is 9.14. The van der Waals surface area contributed by atoms with Gasteiger partial charge < -0.3 is 10.2 Å². The molecular weight excluding hydrogens is 490 g/mol. The lowest BCUT2D eigenvalue weighted by molar-refractivity contribution is 0.0333. The smallest absolute Gasteiger partial charge is 0.0785 e. The van der Waals surface area contributed by atoms with E-state index in [1.807, 2.05) is 20.1 Å². The van der Waals surface area contributed by atoms with E-state index in [0.717, 1.165) is 55.1 Å². The van der Waals surface area contributed by atoms with E-state index >= 15 is 0 Å². The summed E-state index contributed by atoms with van der Waals surface area (Å²) in [4.78, 5) is 8.68. The van der Waals surface area contributed by atoms with Gasteiger partial charge in [0.15, 0.2) is 0 Å². The molecule has 0 aliphatic carbocycles. The van der Waals surface area contributed by atoms with Crippen molar-refractivity contribution >= 4 is 15.6 Å². The Morgan fingerprint density at radius 3 is 2.42 bits per heavy atom. The predicted molar refractivity (Wildman–Crippen MR) is 160 cm³/mol. The summed E-state index contributed by atoms with van der Waals surface area (Å²) in [7, 11) is 4.24. The topological polar surface area (TPSA) is 51.2 Å². The molecule has 0 saturated carbocycles. The number of hydrogen-bond donors (Lipinski definition) is 2. The summed E-state index contributed by atoms with van der Waals surface area (Å²) < 4.78 is 13.2. The van der Waals surface area contributed by atoms with Gasteiger partial charge in [-0.25, -0.2) is 10.0 Å². The summed E-state index contributed by atoms with van der Waals surface area (Å²) >= 11 is 0. The maximum absolute atomic E-state index is 13.2. The second-order valence-corrected chi connectivity index (χ2v) is 15.1. The maximum Gasteiger partial charge on any atom is 0.0785 e. The molecule has 3 heterocycles. The number of aliphatic imine (C=N–C) groups is 1. The molecule has 5 rings (SSSR count). The molecule has 0 spiro atoms. The molecule has 3 aliphatic heterocycles. The number of hydrogen-bond acceptors (Lipinski definition) is 6. The van der Waals surface area contributed by atoms with Crippen LogP contribution in [0, 0.1) is 0 Å². The van der Waals surface area contributed by atoms with Gasteiger partial charge >= 0.3 is 0 Å². The van der Waals surface area contributed by atoms with Crippen molar-refractivity contribution in [3.05, 3.63) is 76.1 Å². The SMILES string of the molecule is CCC1=C(C2CC(c3ccc4c(c3)CCNC4)N(C)N2C)N=C(c2ccc([SH](C)(=O)C(C)C)cc2)CN1C. The number of nitrogens with one attached hydrogen (secondary N) is 1. The normalized spacial score (nSPS) is 23.7. The Kier molecular flexibility index (Phi) is 7.66. The Hall–Kier alpha value is -2.32. The second kappa shape index (κ2) is 10.7. The number of thiol groups is 1. The van der Waals surface area contributed by atoms with E-state index < -0.39 is 9.93 Å². The van der Waals surface area contributed by atoms with Crippen LogP contribution in [0.5, 0.6) is 0 Å². The summed E-state index contributed by atoms with van der Waals surface area (Å²) in [5, 5.41) is 8.41. The van der Waals surface area contributed by atoms with Crippen molar-refractivity contribution in [1.82, 2.24) is 20.2 Å². The van der Waals surface area contributed by atoms with E-state index in [2.05, 4.69) is 90.8 Å². The molecule has 1 N–H and O–H groups in total. The van der Waals surface area contributed by atoms with Gasteiger partial charge in [-0.2, -0.15) is 0 Å². The monoisotopic (exact) mass is 535 g/mol. The van der Waals surface area contributed by atoms with Gasteiger partial charge in [0.1, 0.15) is 0 Å². The van der Waals surface area contributed by atoms with E-state index in [4.69, 9.17) is 4.99 Å². The van der Waals surface area contributed by atoms with Gasteiger partial charge in [0, 0.05) is 43.5 Å². The highest BCUT2D eigenvalue weighted by atomic mass is 32.2. The van der Waals surface area contributed by atoms with Crippen molar-refractivity contribution in [2.75, 3.05) is 40.5 Å². The molecule has 2 aromatic rings. The minimum Gasteiger partial charge on any atom is -0.370 e. The summed E-state index contributed by atoms with van der Waals surface area (Å²) in [5.41, 5.74) is 9.04. The van der Waals surface area contributed by atoms with Gasteiger partial charge in [0.05, 0.1) is 30.0 Å². The Balaban J connectivity index is 1.46. The van der Waals surface area contributed by atoms with Crippen LogP contribution in [0.3, 0.4) is 0 Å². The average Bonchev–Trinajstić information content (AvgIpc) is 3.21. The minimum absolute atomic E-state index is 0.141. The van der Waals surface area contributed by atoms with Crippen LogP contribution in [0.15, 0.2) is 63.7 Å². The molecule has 0 amide bonds. The van der Waals surface area contributed by atoms with E-state index in [1.54, 1.807) is 0 Å². The zero-order valence-electron chi connectivity index (χ0n) is 24.2. The van der Waals surface area contributed by atoms with Gasteiger partial charge in [-0.05, 0) is 66.4 Å². The molecule has 206 valence electrons. The van der Waals surface area contributed by atoms with Crippen LogP contribution in [0.1, 0.15) is 61.9 Å². The van der Waals surface area contributed by atoms with Gasteiger partial charge in [-0.1, -0.05) is 61.0 Å². The van der Waals surface area contributed by atoms with Gasteiger partial charge in [0.25, 0.3) is 0 Å². The van der Waals surface area contributed by atoms with Crippen LogP contribution >= 0.6 is 0 Å². The zero-order valence-corrected chi connectivity index (χ0v) is 25.1. The molecule has 2 unspecified atom stereocenters. The lowest BCUT2D eigenvalue weighted by atomic mass is 9.92. The molecule has 6 nitrogen and oxygen atoms in total. The lowest BCUT2D eigenvalue weighted by Crippen LogP contribution is -2.40. The van der Waals surface area contributed by atoms with Crippen molar-refractivity contribution < 1.29 is 4.21 Å². The molecular formula is C31H45N5OS. The Labute approximate surface area is 230 Å². The number of allylic oxidation sites excluding steroid dienone is 1. The van der Waals surface area contributed by atoms with Crippen LogP contribution in [-0.4, -0.2) is 76.6 Å². The minimum atomic E-state index is -2.37. The van der Waals surface area contributed by atoms with E-state index in [1.165, 1.54) is 28.1 Å². The predicted octanol–water partition coefficient (Wildman–Crippen LogP) is 4.39. The number of fused-ring (bicyclic) bond motifs is 1. The van der Waals surface area contributed by atoms with E-state index in [9.17, 15) is 4.21 Å². The Bertz CT molecular complexity index is 1300. The third-order valence-electron chi connectivity index (χ3n) is 9.10. The number of benzene rings is 2. The van der Waals surface area contributed by atoms with Gasteiger partial charge in [-0.15, -0.1) is 0 Å². The molecule has 3 aliphatic rings. The molecule has 7 heteroatoms. The fourth-order valence-electron chi connectivity index (χ4n) is 6.18. The molecule has 1 saturated heterocycles. The van der Waals surface area contributed by atoms with E-state index in [0.29, 0.717) is 6.04 Å². The fraction of sp³-hybridized carbons (Fsp3) is 0.516. The summed E-state index contributed by atoms with van der Waals surface area (Å²) in [6.07, 6.45) is 4.97. The highest BCUT2D eigenvalue weighted by Gasteiger charge is 2.40. The number of likely N-dealkylation sites (N-methyl/N-ethyl adjacent to an activating group) is 2. The molecule has 1 fully saturated rings. The first-order valence-corrected chi connectivity index (χ1v) is 16.3. The van der Waals surface area contributed by atoms with Crippen molar-refractivity contribution in [2.24, 2.45) is 4.99 Å². The summed E-state index contributed by atoms with van der Waals surface area (Å²) in [6, 6.07) is 16.0. The van der Waals surface area contributed by atoms with Gasteiger partial charge in [0.2, 0.25) is 0 Å². The largest absolute Gasteiger partial charge is 0.370 e. The lowest BCUT2D eigenvalue weighted by Gasteiger charge is -2.34. The third kappa shape index (κ3) is 4.90. The first-order chi connectivity index (χ1) is 18.1. The van der Waals surface area contributed by atoms with E-state index in [-0.39, 0.29) is 11.3 Å².